The maximum absolute atomic E-state index is 9.83. The first kappa shape index (κ1) is 13.8. The minimum absolute atomic E-state index is 0.0293. The van der Waals surface area contributed by atoms with Gasteiger partial charge in [-0.3, -0.25) is 0 Å². The third kappa shape index (κ3) is 3.04. The van der Waals surface area contributed by atoms with Crippen molar-refractivity contribution in [2.24, 2.45) is 0 Å². The SMILES string of the molecule is CC(O)c1ccc(C#N)cc1N1CCOC(CO)C1. The van der Waals surface area contributed by atoms with Gasteiger partial charge < -0.3 is 19.8 Å². The first-order valence-corrected chi connectivity index (χ1v) is 6.35. The van der Waals surface area contributed by atoms with Crippen molar-refractivity contribution in [3.8, 4) is 6.07 Å². The molecule has 0 bridgehead atoms. The number of hydrogen-bond donors (Lipinski definition) is 2. The summed E-state index contributed by atoms with van der Waals surface area (Å²) in [6.45, 7) is 3.45. The van der Waals surface area contributed by atoms with Crippen molar-refractivity contribution < 1.29 is 14.9 Å². The Hall–Kier alpha value is -1.61. The van der Waals surface area contributed by atoms with Crippen molar-refractivity contribution in [2.45, 2.75) is 19.1 Å². The molecule has 0 spiro atoms. The third-order valence-corrected chi connectivity index (χ3v) is 3.29. The lowest BCUT2D eigenvalue weighted by Gasteiger charge is -2.35. The summed E-state index contributed by atoms with van der Waals surface area (Å²) >= 11 is 0. The van der Waals surface area contributed by atoms with Crippen LogP contribution in [0.15, 0.2) is 18.2 Å². The molecule has 1 aromatic carbocycles. The first-order valence-electron chi connectivity index (χ1n) is 6.35. The molecule has 0 saturated carbocycles. The molecule has 1 fully saturated rings. The number of anilines is 1. The third-order valence-electron chi connectivity index (χ3n) is 3.29. The zero-order valence-electron chi connectivity index (χ0n) is 10.9. The number of aliphatic hydroxyl groups excluding tert-OH is 2. The number of benzene rings is 1. The van der Waals surface area contributed by atoms with Gasteiger partial charge in [-0.15, -0.1) is 0 Å². The molecule has 102 valence electrons. The predicted octanol–water partition coefficient (Wildman–Crippen LogP) is 0.809. The van der Waals surface area contributed by atoms with Crippen LogP contribution in [0, 0.1) is 11.3 Å². The fourth-order valence-corrected chi connectivity index (χ4v) is 2.29. The number of nitriles is 1. The summed E-state index contributed by atoms with van der Waals surface area (Å²) in [6.07, 6.45) is -0.820. The van der Waals surface area contributed by atoms with Crippen LogP contribution in [-0.2, 0) is 4.74 Å². The Labute approximate surface area is 112 Å². The molecule has 1 aliphatic rings. The van der Waals surface area contributed by atoms with E-state index in [9.17, 15) is 10.2 Å². The Kier molecular flexibility index (Phi) is 4.38. The summed E-state index contributed by atoms with van der Waals surface area (Å²) in [5, 5.41) is 28.0. The molecule has 2 rings (SSSR count). The molecule has 1 saturated heterocycles. The van der Waals surface area contributed by atoms with Gasteiger partial charge in [0.1, 0.15) is 0 Å². The average Bonchev–Trinajstić information content (AvgIpc) is 2.46. The molecule has 5 nitrogen and oxygen atoms in total. The second kappa shape index (κ2) is 6.02. The van der Waals surface area contributed by atoms with Crippen molar-refractivity contribution in [1.29, 1.82) is 5.26 Å². The van der Waals surface area contributed by atoms with Crippen molar-refractivity contribution in [2.75, 3.05) is 31.2 Å². The highest BCUT2D eigenvalue weighted by Crippen LogP contribution is 2.29. The highest BCUT2D eigenvalue weighted by atomic mass is 16.5. The van der Waals surface area contributed by atoms with Gasteiger partial charge in [-0.2, -0.15) is 5.26 Å². The zero-order valence-corrected chi connectivity index (χ0v) is 10.9. The summed E-state index contributed by atoms with van der Waals surface area (Å²) in [7, 11) is 0. The molecule has 2 N–H and O–H groups in total. The van der Waals surface area contributed by atoms with Crippen LogP contribution in [-0.4, -0.2) is 42.6 Å². The van der Waals surface area contributed by atoms with E-state index in [0.717, 1.165) is 11.3 Å². The standard InChI is InChI=1S/C14H18N2O3/c1-10(18)13-3-2-11(7-15)6-14(13)16-4-5-19-12(8-16)9-17/h2-3,6,10,12,17-18H,4-5,8-9H2,1H3. The molecule has 0 amide bonds. The number of ether oxygens (including phenoxy) is 1. The second-order valence-electron chi connectivity index (χ2n) is 4.68. The summed E-state index contributed by atoms with van der Waals surface area (Å²) in [5.41, 5.74) is 2.19. The van der Waals surface area contributed by atoms with Gasteiger partial charge in [0.05, 0.1) is 37.1 Å². The molecule has 1 heterocycles. The van der Waals surface area contributed by atoms with E-state index in [4.69, 9.17) is 10.00 Å². The van der Waals surface area contributed by atoms with E-state index in [1.54, 1.807) is 25.1 Å². The highest BCUT2D eigenvalue weighted by Gasteiger charge is 2.23. The van der Waals surface area contributed by atoms with Gasteiger partial charge in [0.2, 0.25) is 0 Å². The zero-order chi connectivity index (χ0) is 13.8. The predicted molar refractivity (Wildman–Crippen MR) is 70.8 cm³/mol. The summed E-state index contributed by atoms with van der Waals surface area (Å²) < 4.78 is 5.42. The molecule has 19 heavy (non-hydrogen) atoms. The smallest absolute Gasteiger partial charge is 0.0992 e. The molecule has 1 aromatic rings. The number of aliphatic hydroxyl groups is 2. The second-order valence-corrected chi connectivity index (χ2v) is 4.68. The number of hydrogen-bond acceptors (Lipinski definition) is 5. The summed E-state index contributed by atoms with van der Waals surface area (Å²) in [6, 6.07) is 7.37. The maximum Gasteiger partial charge on any atom is 0.0992 e. The highest BCUT2D eigenvalue weighted by molar-refractivity contribution is 5.58. The van der Waals surface area contributed by atoms with Crippen LogP contribution >= 0.6 is 0 Å². The molecular weight excluding hydrogens is 244 g/mol. The fraction of sp³-hybridized carbons (Fsp3) is 0.500. The van der Waals surface area contributed by atoms with Crippen LogP contribution in [0.25, 0.3) is 0 Å². The first-order chi connectivity index (χ1) is 9.15. The largest absolute Gasteiger partial charge is 0.394 e. The number of morpholine rings is 1. The van der Waals surface area contributed by atoms with Crippen molar-refractivity contribution in [3.63, 3.8) is 0 Å². The molecule has 1 aliphatic heterocycles. The van der Waals surface area contributed by atoms with Crippen molar-refractivity contribution in [1.82, 2.24) is 0 Å². The molecule has 0 aliphatic carbocycles. The summed E-state index contributed by atoms with van der Waals surface area (Å²) in [4.78, 5) is 2.05. The Balaban J connectivity index is 2.33. The van der Waals surface area contributed by atoms with Crippen molar-refractivity contribution in [3.05, 3.63) is 29.3 Å². The van der Waals surface area contributed by atoms with Crippen LogP contribution in [0.3, 0.4) is 0 Å². The Morgan fingerprint density at radius 1 is 1.58 bits per heavy atom. The van der Waals surface area contributed by atoms with E-state index < -0.39 is 6.10 Å². The Morgan fingerprint density at radius 2 is 2.37 bits per heavy atom. The quantitative estimate of drug-likeness (QED) is 0.843. The van der Waals surface area contributed by atoms with Gasteiger partial charge in [-0.1, -0.05) is 6.07 Å². The van der Waals surface area contributed by atoms with Crippen LogP contribution < -0.4 is 4.90 Å². The van der Waals surface area contributed by atoms with Crippen LogP contribution in [0.5, 0.6) is 0 Å². The molecule has 0 radical (unpaired) electrons. The van der Waals surface area contributed by atoms with E-state index in [2.05, 4.69) is 6.07 Å². The monoisotopic (exact) mass is 262 g/mol. The van der Waals surface area contributed by atoms with Gasteiger partial charge in [0.15, 0.2) is 0 Å². The normalized spacial score (nSPS) is 20.9. The Morgan fingerprint density at radius 3 is 3.00 bits per heavy atom. The maximum atomic E-state index is 9.83. The summed E-state index contributed by atoms with van der Waals surface area (Å²) in [5.74, 6) is 0. The lowest BCUT2D eigenvalue weighted by molar-refractivity contribution is 0.00343. The fourth-order valence-electron chi connectivity index (χ4n) is 2.29. The van der Waals surface area contributed by atoms with Gasteiger partial charge >= 0.3 is 0 Å². The molecule has 2 unspecified atom stereocenters. The van der Waals surface area contributed by atoms with Gasteiger partial charge in [0.25, 0.3) is 0 Å². The van der Waals surface area contributed by atoms with Gasteiger partial charge in [0, 0.05) is 24.3 Å². The minimum atomic E-state index is -0.599. The number of rotatable bonds is 3. The topological polar surface area (TPSA) is 76.7 Å². The van der Waals surface area contributed by atoms with Gasteiger partial charge in [-0.25, -0.2) is 0 Å². The van der Waals surface area contributed by atoms with E-state index >= 15 is 0 Å². The van der Waals surface area contributed by atoms with E-state index in [0.29, 0.717) is 25.3 Å². The van der Waals surface area contributed by atoms with Crippen LogP contribution in [0.1, 0.15) is 24.2 Å². The van der Waals surface area contributed by atoms with Crippen LogP contribution in [0.4, 0.5) is 5.69 Å². The average molecular weight is 262 g/mol. The van der Waals surface area contributed by atoms with Gasteiger partial charge in [-0.05, 0) is 19.1 Å². The van der Waals surface area contributed by atoms with E-state index in [-0.39, 0.29) is 12.7 Å². The molecular formula is C14H18N2O3. The van der Waals surface area contributed by atoms with Crippen LogP contribution in [0.2, 0.25) is 0 Å². The number of nitrogens with zero attached hydrogens (tertiary/aromatic N) is 2. The van der Waals surface area contributed by atoms with Crippen molar-refractivity contribution >= 4 is 5.69 Å². The van der Waals surface area contributed by atoms with E-state index in [1.165, 1.54) is 0 Å². The minimum Gasteiger partial charge on any atom is -0.394 e. The lowest BCUT2D eigenvalue weighted by Crippen LogP contribution is -2.44. The lowest BCUT2D eigenvalue weighted by atomic mass is 10.0. The molecule has 5 heteroatoms. The molecule has 2 atom stereocenters. The molecule has 0 aromatic heterocycles. The van der Waals surface area contributed by atoms with E-state index in [1.807, 2.05) is 4.90 Å². The Bertz CT molecular complexity index is 482.